The summed E-state index contributed by atoms with van der Waals surface area (Å²) >= 11 is 0. The topological polar surface area (TPSA) is 234 Å². The molecule has 0 rings (SSSR count). The van der Waals surface area contributed by atoms with E-state index in [4.69, 9.17) is 33.8 Å². The molecular weight excluding hydrogens is 328 g/mol. The summed E-state index contributed by atoms with van der Waals surface area (Å²) in [5, 5.41) is 24.4. The average Bonchev–Trinajstić information content (AvgIpc) is 2.53. The van der Waals surface area contributed by atoms with Crippen molar-refractivity contribution in [1.29, 1.82) is 10.8 Å². The van der Waals surface area contributed by atoms with Gasteiger partial charge in [-0.3, -0.25) is 20.4 Å². The largest absolute Gasteiger partial charge is 0.370 e. The first kappa shape index (κ1) is 22.4. The van der Waals surface area contributed by atoms with Gasteiger partial charge in [-0.2, -0.15) is 0 Å². The first-order valence-electron chi connectivity index (χ1n) is 7.96. The van der Waals surface area contributed by atoms with E-state index in [1.807, 2.05) is 0 Å². The fraction of sp³-hybridized carbons (Fsp3) is 0.692. The van der Waals surface area contributed by atoms with Gasteiger partial charge in [0.05, 0.1) is 12.1 Å². The van der Waals surface area contributed by atoms with Gasteiger partial charge in [0, 0.05) is 26.2 Å². The van der Waals surface area contributed by atoms with Gasteiger partial charge in [0.2, 0.25) is 11.8 Å². The summed E-state index contributed by atoms with van der Waals surface area (Å²) in [6, 6.07) is -1.38. The van der Waals surface area contributed by atoms with Crippen molar-refractivity contribution >= 4 is 23.7 Å². The maximum absolute atomic E-state index is 11.7. The third-order valence-corrected chi connectivity index (χ3v) is 3.17. The molecular formula is C13H30N10O2. The molecule has 12 heteroatoms. The fourth-order valence-corrected chi connectivity index (χ4v) is 1.76. The third-order valence-electron chi connectivity index (χ3n) is 3.17. The van der Waals surface area contributed by atoms with Crippen molar-refractivity contribution < 1.29 is 9.59 Å². The lowest BCUT2D eigenvalue weighted by atomic mass is 10.2. The Hall–Kier alpha value is -2.60. The lowest BCUT2D eigenvalue weighted by Crippen LogP contribution is -2.45. The second-order valence-electron chi connectivity index (χ2n) is 5.41. The fourth-order valence-electron chi connectivity index (χ4n) is 1.76. The van der Waals surface area contributed by atoms with Crippen molar-refractivity contribution in [2.75, 3.05) is 26.2 Å². The molecule has 2 atom stereocenters. The standard InChI is InChI=1S/C13H30N10O2/c14-8(2-6-22-12(16)17)10(24)20-4-1-5-21-11(25)9(15)3-7-23-13(18)19/h8-9H,1-7,14-15H2,(H,20,24)(H,21,25)(H4,16,17,22)(H4,18,19,23). The summed E-state index contributed by atoms with van der Waals surface area (Å²) in [5.41, 5.74) is 21.6. The second kappa shape index (κ2) is 12.8. The zero-order chi connectivity index (χ0) is 19.2. The third kappa shape index (κ3) is 12.5. The Balaban J connectivity index is 3.72. The van der Waals surface area contributed by atoms with E-state index in [0.717, 1.165) is 0 Å². The van der Waals surface area contributed by atoms with Crippen LogP contribution in [0.1, 0.15) is 19.3 Å². The smallest absolute Gasteiger partial charge is 0.236 e. The van der Waals surface area contributed by atoms with Gasteiger partial charge >= 0.3 is 0 Å². The van der Waals surface area contributed by atoms with Gasteiger partial charge < -0.3 is 44.2 Å². The van der Waals surface area contributed by atoms with Gasteiger partial charge in [-0.05, 0) is 19.3 Å². The Labute approximate surface area is 146 Å². The number of nitrogens with one attached hydrogen (secondary N) is 6. The molecule has 0 aromatic heterocycles. The van der Waals surface area contributed by atoms with E-state index in [-0.39, 0.29) is 23.7 Å². The Bertz CT molecular complexity index is 416. The van der Waals surface area contributed by atoms with Crippen molar-refractivity contribution in [3.63, 3.8) is 0 Å². The molecule has 0 saturated carbocycles. The highest BCUT2D eigenvalue weighted by atomic mass is 16.2. The van der Waals surface area contributed by atoms with E-state index >= 15 is 0 Å². The molecule has 0 aromatic rings. The summed E-state index contributed by atoms with van der Waals surface area (Å²) in [6.07, 6.45) is 1.24. The van der Waals surface area contributed by atoms with Crippen molar-refractivity contribution in [1.82, 2.24) is 21.3 Å². The Kier molecular flexibility index (Phi) is 11.4. The Morgan fingerprint density at radius 3 is 1.40 bits per heavy atom. The van der Waals surface area contributed by atoms with Gasteiger partial charge in [0.1, 0.15) is 0 Å². The highest BCUT2D eigenvalue weighted by Crippen LogP contribution is 1.89. The highest BCUT2D eigenvalue weighted by molar-refractivity contribution is 5.82. The van der Waals surface area contributed by atoms with Crippen LogP contribution in [-0.2, 0) is 9.59 Å². The van der Waals surface area contributed by atoms with Crippen LogP contribution in [0.25, 0.3) is 0 Å². The zero-order valence-corrected chi connectivity index (χ0v) is 14.2. The normalized spacial score (nSPS) is 12.6. The minimum Gasteiger partial charge on any atom is -0.370 e. The molecule has 0 heterocycles. The van der Waals surface area contributed by atoms with E-state index in [1.165, 1.54) is 0 Å². The SMILES string of the molecule is N=C(N)NCCC(N)C(=O)NCCCNC(=O)C(N)CCNC(=N)N. The van der Waals surface area contributed by atoms with Crippen molar-refractivity contribution in [2.24, 2.45) is 22.9 Å². The maximum atomic E-state index is 11.7. The monoisotopic (exact) mass is 358 g/mol. The van der Waals surface area contributed by atoms with Crippen molar-refractivity contribution in [3.05, 3.63) is 0 Å². The average molecular weight is 358 g/mol. The number of carbonyl (C=O) groups excluding carboxylic acids is 2. The van der Waals surface area contributed by atoms with E-state index in [2.05, 4.69) is 21.3 Å². The van der Waals surface area contributed by atoms with Gasteiger partial charge in [0.15, 0.2) is 11.9 Å². The van der Waals surface area contributed by atoms with Crippen molar-refractivity contribution in [2.45, 2.75) is 31.3 Å². The van der Waals surface area contributed by atoms with Crippen molar-refractivity contribution in [3.8, 4) is 0 Å². The van der Waals surface area contributed by atoms with Crippen LogP contribution in [-0.4, -0.2) is 62.0 Å². The van der Waals surface area contributed by atoms with Crippen LogP contribution in [0.4, 0.5) is 0 Å². The Morgan fingerprint density at radius 1 is 0.720 bits per heavy atom. The predicted octanol–water partition coefficient (Wildman–Crippen LogP) is -3.99. The molecule has 0 radical (unpaired) electrons. The molecule has 0 spiro atoms. The first-order valence-corrected chi connectivity index (χ1v) is 7.96. The van der Waals surface area contributed by atoms with E-state index in [1.54, 1.807) is 0 Å². The van der Waals surface area contributed by atoms with E-state index in [9.17, 15) is 9.59 Å². The molecule has 0 saturated heterocycles. The summed E-state index contributed by atoms with van der Waals surface area (Å²) in [7, 11) is 0. The summed E-state index contributed by atoms with van der Waals surface area (Å²) in [4.78, 5) is 23.4. The van der Waals surface area contributed by atoms with Crippen LogP contribution in [0.15, 0.2) is 0 Å². The molecule has 14 N–H and O–H groups in total. The molecule has 0 bridgehead atoms. The number of hydrogen-bond acceptors (Lipinski definition) is 6. The van der Waals surface area contributed by atoms with Gasteiger partial charge in [-0.1, -0.05) is 0 Å². The van der Waals surface area contributed by atoms with Gasteiger partial charge in [-0.25, -0.2) is 0 Å². The summed E-state index contributed by atoms with van der Waals surface area (Å²) < 4.78 is 0. The minimum atomic E-state index is -0.691. The molecule has 2 amide bonds. The van der Waals surface area contributed by atoms with Crippen LogP contribution >= 0.6 is 0 Å². The zero-order valence-electron chi connectivity index (χ0n) is 14.2. The quantitative estimate of drug-likeness (QED) is 0.0935. The van der Waals surface area contributed by atoms with Crippen LogP contribution in [0.2, 0.25) is 0 Å². The molecule has 0 aliphatic carbocycles. The number of amides is 2. The minimum absolute atomic E-state index is 0.168. The number of hydrogen-bond donors (Lipinski definition) is 10. The molecule has 0 aromatic carbocycles. The van der Waals surface area contributed by atoms with Crippen LogP contribution in [0.5, 0.6) is 0 Å². The lowest BCUT2D eigenvalue weighted by molar-refractivity contribution is -0.122. The number of rotatable bonds is 12. The van der Waals surface area contributed by atoms with Gasteiger partial charge in [-0.15, -0.1) is 0 Å². The molecule has 2 unspecified atom stereocenters. The highest BCUT2D eigenvalue weighted by Gasteiger charge is 2.14. The van der Waals surface area contributed by atoms with E-state index < -0.39 is 12.1 Å². The van der Waals surface area contributed by atoms with E-state index in [0.29, 0.717) is 45.4 Å². The molecule has 0 fully saturated rings. The number of carbonyl (C=O) groups is 2. The molecule has 144 valence electrons. The van der Waals surface area contributed by atoms with Crippen LogP contribution in [0, 0.1) is 10.8 Å². The number of guanidine groups is 2. The molecule has 12 nitrogen and oxygen atoms in total. The summed E-state index contributed by atoms with van der Waals surface area (Å²) in [6.45, 7) is 1.43. The van der Waals surface area contributed by atoms with Gasteiger partial charge in [0.25, 0.3) is 0 Å². The molecule has 0 aliphatic rings. The first-order chi connectivity index (χ1) is 11.7. The molecule has 25 heavy (non-hydrogen) atoms. The Morgan fingerprint density at radius 2 is 1.08 bits per heavy atom. The second-order valence-corrected chi connectivity index (χ2v) is 5.41. The predicted molar refractivity (Wildman–Crippen MR) is 95.7 cm³/mol. The maximum Gasteiger partial charge on any atom is 0.236 e. The number of nitrogens with two attached hydrogens (primary N) is 4. The lowest BCUT2D eigenvalue weighted by Gasteiger charge is -2.14. The molecule has 0 aliphatic heterocycles. The van der Waals surface area contributed by atoms with Crippen LogP contribution in [0.3, 0.4) is 0 Å². The summed E-state index contributed by atoms with van der Waals surface area (Å²) in [5.74, 6) is -0.940. The van der Waals surface area contributed by atoms with Crippen LogP contribution < -0.4 is 44.2 Å².